The lowest BCUT2D eigenvalue weighted by atomic mass is 9.96. The first-order valence-electron chi connectivity index (χ1n) is 8.21. The minimum atomic E-state index is -3.79. The van der Waals surface area contributed by atoms with Crippen LogP contribution in [-0.2, 0) is 10.0 Å². The quantitative estimate of drug-likeness (QED) is 0.597. The van der Waals surface area contributed by atoms with Crippen molar-refractivity contribution < 1.29 is 13.3 Å². The molecule has 134 valence electrons. The van der Waals surface area contributed by atoms with Crippen molar-refractivity contribution in [2.24, 2.45) is 5.92 Å². The fraction of sp³-hybridized carbons (Fsp3) is 0.438. The van der Waals surface area contributed by atoms with E-state index in [2.05, 4.69) is 15.0 Å². The standard InChI is InChI=1S/C16H20N4O4S/c21-20(22)14-5-6-15(16-13(14)4-2-9-18-16)25(23,24)19-10-7-12-3-1-8-17-11-12/h2,4-6,9,12,17,19H,1,3,7-8,10-11H2. The van der Waals surface area contributed by atoms with Crippen molar-refractivity contribution in [2.45, 2.75) is 24.2 Å². The van der Waals surface area contributed by atoms with E-state index in [-0.39, 0.29) is 21.5 Å². The Hall–Kier alpha value is -2.10. The summed E-state index contributed by atoms with van der Waals surface area (Å²) in [4.78, 5) is 14.6. The second kappa shape index (κ2) is 7.42. The summed E-state index contributed by atoms with van der Waals surface area (Å²) in [5, 5.41) is 14.6. The van der Waals surface area contributed by atoms with E-state index in [9.17, 15) is 18.5 Å². The number of sulfonamides is 1. The molecular weight excluding hydrogens is 344 g/mol. The number of nitro groups is 1. The topological polar surface area (TPSA) is 114 Å². The number of piperidine rings is 1. The number of aromatic nitrogens is 1. The van der Waals surface area contributed by atoms with Gasteiger partial charge in [0.2, 0.25) is 10.0 Å². The molecule has 1 aliphatic rings. The third kappa shape index (κ3) is 3.94. The molecule has 1 aromatic heterocycles. The molecule has 1 atom stereocenters. The number of hydrogen-bond acceptors (Lipinski definition) is 6. The Kier molecular flexibility index (Phi) is 5.26. The lowest BCUT2D eigenvalue weighted by Gasteiger charge is -2.22. The summed E-state index contributed by atoms with van der Waals surface area (Å²) in [7, 11) is -3.79. The van der Waals surface area contributed by atoms with Crippen LogP contribution in [0.4, 0.5) is 5.69 Å². The molecule has 0 bridgehead atoms. The van der Waals surface area contributed by atoms with E-state index < -0.39 is 14.9 Å². The summed E-state index contributed by atoms with van der Waals surface area (Å²) in [5.41, 5.74) is -0.0427. The molecule has 9 heteroatoms. The second-order valence-corrected chi connectivity index (χ2v) is 7.87. The first-order chi connectivity index (χ1) is 12.0. The van der Waals surface area contributed by atoms with E-state index in [1.807, 2.05) is 0 Å². The summed E-state index contributed by atoms with van der Waals surface area (Å²) < 4.78 is 27.9. The van der Waals surface area contributed by atoms with Crippen LogP contribution >= 0.6 is 0 Å². The number of rotatable bonds is 6. The molecule has 1 fully saturated rings. The third-order valence-electron chi connectivity index (χ3n) is 4.44. The average molecular weight is 364 g/mol. The summed E-state index contributed by atoms with van der Waals surface area (Å²) in [6.45, 7) is 2.26. The average Bonchev–Trinajstić information content (AvgIpc) is 2.61. The Labute approximate surface area is 145 Å². The van der Waals surface area contributed by atoms with Crippen molar-refractivity contribution in [3.8, 4) is 0 Å². The molecule has 0 aliphatic carbocycles. The summed E-state index contributed by atoms with van der Waals surface area (Å²) in [6.07, 6.45) is 4.38. The lowest BCUT2D eigenvalue weighted by molar-refractivity contribution is -0.383. The maximum absolute atomic E-state index is 12.6. The fourth-order valence-corrected chi connectivity index (χ4v) is 4.36. The Morgan fingerprint density at radius 3 is 2.92 bits per heavy atom. The van der Waals surface area contributed by atoms with E-state index in [1.54, 1.807) is 6.07 Å². The van der Waals surface area contributed by atoms with Gasteiger partial charge in [-0.3, -0.25) is 15.1 Å². The van der Waals surface area contributed by atoms with E-state index >= 15 is 0 Å². The van der Waals surface area contributed by atoms with Gasteiger partial charge in [-0.1, -0.05) is 0 Å². The molecular formula is C16H20N4O4S. The van der Waals surface area contributed by atoms with Crippen LogP contribution in [0, 0.1) is 16.0 Å². The highest BCUT2D eigenvalue weighted by atomic mass is 32.2. The zero-order valence-electron chi connectivity index (χ0n) is 13.6. The van der Waals surface area contributed by atoms with Gasteiger partial charge in [-0.25, -0.2) is 13.1 Å². The molecule has 25 heavy (non-hydrogen) atoms. The van der Waals surface area contributed by atoms with E-state index in [0.717, 1.165) is 32.4 Å². The Bertz CT molecular complexity index is 879. The van der Waals surface area contributed by atoms with Gasteiger partial charge in [0, 0.05) is 18.8 Å². The molecule has 0 saturated carbocycles. The van der Waals surface area contributed by atoms with E-state index in [1.165, 1.54) is 24.4 Å². The first-order valence-corrected chi connectivity index (χ1v) is 9.70. The van der Waals surface area contributed by atoms with Crippen LogP contribution in [-0.4, -0.2) is 38.0 Å². The summed E-state index contributed by atoms with van der Waals surface area (Å²) in [6, 6.07) is 5.52. The highest BCUT2D eigenvalue weighted by Gasteiger charge is 2.23. The van der Waals surface area contributed by atoms with Crippen molar-refractivity contribution in [1.29, 1.82) is 0 Å². The van der Waals surface area contributed by atoms with Crippen molar-refractivity contribution in [3.05, 3.63) is 40.6 Å². The zero-order valence-corrected chi connectivity index (χ0v) is 14.5. The van der Waals surface area contributed by atoms with Crippen molar-refractivity contribution >= 4 is 26.6 Å². The minimum Gasteiger partial charge on any atom is -0.316 e. The molecule has 0 spiro atoms. The molecule has 2 aromatic rings. The van der Waals surface area contributed by atoms with E-state index in [0.29, 0.717) is 12.5 Å². The SMILES string of the molecule is O=[N+]([O-])c1ccc(S(=O)(=O)NCCC2CCCNC2)c2ncccc12. The molecule has 8 nitrogen and oxygen atoms in total. The highest BCUT2D eigenvalue weighted by molar-refractivity contribution is 7.89. The largest absolute Gasteiger partial charge is 0.316 e. The smallest absolute Gasteiger partial charge is 0.278 e. The van der Waals surface area contributed by atoms with Crippen LogP contribution in [0.1, 0.15) is 19.3 Å². The number of benzene rings is 1. The van der Waals surface area contributed by atoms with Gasteiger partial charge in [0.15, 0.2) is 0 Å². The highest BCUT2D eigenvalue weighted by Crippen LogP contribution is 2.29. The van der Waals surface area contributed by atoms with Crippen LogP contribution in [0.3, 0.4) is 0 Å². The van der Waals surface area contributed by atoms with Gasteiger partial charge in [-0.2, -0.15) is 0 Å². The Morgan fingerprint density at radius 2 is 2.20 bits per heavy atom. The molecule has 0 radical (unpaired) electrons. The van der Waals surface area contributed by atoms with Gasteiger partial charge in [-0.15, -0.1) is 0 Å². The Morgan fingerprint density at radius 1 is 1.36 bits per heavy atom. The van der Waals surface area contributed by atoms with Gasteiger partial charge >= 0.3 is 0 Å². The number of nitrogens with one attached hydrogen (secondary N) is 2. The molecule has 1 saturated heterocycles. The van der Waals surface area contributed by atoms with Crippen LogP contribution in [0.25, 0.3) is 10.9 Å². The molecule has 0 amide bonds. The summed E-state index contributed by atoms with van der Waals surface area (Å²) in [5.74, 6) is 0.461. The third-order valence-corrected chi connectivity index (χ3v) is 5.93. The predicted octanol–water partition coefficient (Wildman–Crippen LogP) is 1.81. The van der Waals surface area contributed by atoms with Gasteiger partial charge in [0.25, 0.3) is 5.69 Å². The number of fused-ring (bicyclic) bond motifs is 1. The monoisotopic (exact) mass is 364 g/mol. The minimum absolute atomic E-state index is 0.0320. The van der Waals surface area contributed by atoms with Crippen LogP contribution < -0.4 is 10.0 Å². The van der Waals surface area contributed by atoms with Gasteiger partial charge in [0.1, 0.15) is 4.90 Å². The first kappa shape index (κ1) is 17.7. The van der Waals surface area contributed by atoms with Gasteiger partial charge < -0.3 is 5.32 Å². The van der Waals surface area contributed by atoms with Crippen LogP contribution in [0.5, 0.6) is 0 Å². The molecule has 1 aliphatic heterocycles. The normalized spacial score (nSPS) is 18.3. The summed E-state index contributed by atoms with van der Waals surface area (Å²) >= 11 is 0. The predicted molar refractivity (Wildman–Crippen MR) is 93.8 cm³/mol. The maximum atomic E-state index is 12.6. The number of nitro benzene ring substituents is 1. The maximum Gasteiger partial charge on any atom is 0.278 e. The van der Waals surface area contributed by atoms with Crippen LogP contribution in [0.15, 0.2) is 35.4 Å². The second-order valence-electron chi connectivity index (χ2n) is 6.14. The lowest BCUT2D eigenvalue weighted by Crippen LogP contribution is -2.33. The van der Waals surface area contributed by atoms with Crippen molar-refractivity contribution in [1.82, 2.24) is 15.0 Å². The molecule has 1 unspecified atom stereocenters. The van der Waals surface area contributed by atoms with Crippen LogP contribution in [0.2, 0.25) is 0 Å². The van der Waals surface area contributed by atoms with E-state index in [4.69, 9.17) is 0 Å². The molecule has 2 heterocycles. The number of pyridine rings is 1. The van der Waals surface area contributed by atoms with Crippen molar-refractivity contribution in [2.75, 3.05) is 19.6 Å². The fourth-order valence-electron chi connectivity index (χ4n) is 3.15. The van der Waals surface area contributed by atoms with Crippen molar-refractivity contribution in [3.63, 3.8) is 0 Å². The molecule has 3 rings (SSSR count). The Balaban J connectivity index is 1.82. The zero-order chi connectivity index (χ0) is 17.9. The molecule has 1 aromatic carbocycles. The number of non-ortho nitro benzene ring substituents is 1. The van der Waals surface area contributed by atoms with Gasteiger partial charge in [-0.05, 0) is 56.5 Å². The van der Waals surface area contributed by atoms with Gasteiger partial charge in [0.05, 0.1) is 15.8 Å². The molecule has 2 N–H and O–H groups in total. The number of hydrogen-bond donors (Lipinski definition) is 2. The number of nitrogens with zero attached hydrogens (tertiary/aromatic N) is 2.